The predicted molar refractivity (Wildman–Crippen MR) is 91.9 cm³/mol. The second kappa shape index (κ2) is 6.59. The van der Waals surface area contributed by atoms with Gasteiger partial charge in [0.05, 0.1) is 7.57 Å². The maximum Gasteiger partial charge on any atom is 0.0758 e. The molecule has 1 aromatic heterocycles. The molecule has 2 unspecified atom stereocenters. The molecule has 1 saturated carbocycles. The molecular weight excluding hydrogens is 386 g/mol. The van der Waals surface area contributed by atoms with E-state index in [1.807, 2.05) is 0 Å². The molecule has 2 atom stereocenters. The van der Waals surface area contributed by atoms with Crippen molar-refractivity contribution in [2.24, 2.45) is 11.3 Å². The van der Waals surface area contributed by atoms with Crippen molar-refractivity contribution in [2.75, 3.05) is 6.54 Å². The number of nitrogens with one attached hydrogen (secondary N) is 1. The van der Waals surface area contributed by atoms with Crippen LogP contribution in [-0.2, 0) is 0 Å². The largest absolute Gasteiger partial charge is 0.310 e. The molecule has 0 spiro atoms. The van der Waals surface area contributed by atoms with Gasteiger partial charge in [0.2, 0.25) is 0 Å². The lowest BCUT2D eigenvalue weighted by molar-refractivity contribution is 0.197. The van der Waals surface area contributed by atoms with Gasteiger partial charge in [0.1, 0.15) is 0 Å². The summed E-state index contributed by atoms with van der Waals surface area (Å²) in [6.07, 6.45) is 5.25. The normalized spacial score (nSPS) is 23.7. The maximum atomic E-state index is 3.79. The van der Waals surface area contributed by atoms with E-state index < -0.39 is 0 Å². The third-order valence-electron chi connectivity index (χ3n) is 4.37. The lowest BCUT2D eigenvalue weighted by Gasteiger charge is -2.35. The minimum absolute atomic E-state index is 0.444. The van der Waals surface area contributed by atoms with E-state index in [9.17, 15) is 0 Å². The SMILES string of the molecule is CCCNC(c1cc(Br)sc1Br)C1CCCC1(C)C. The monoisotopic (exact) mass is 407 g/mol. The topological polar surface area (TPSA) is 12.0 Å². The standard InChI is InChI=1S/C15H23Br2NS/c1-4-8-18-13(10-9-12(16)19-14(10)17)11-6-5-7-15(11,2)3/h9,11,13,18H,4-8H2,1-3H3. The van der Waals surface area contributed by atoms with Crippen molar-refractivity contribution in [3.8, 4) is 0 Å². The first kappa shape index (κ1) is 16.0. The molecule has 1 aliphatic rings. The second-order valence-corrected chi connectivity index (χ2v) is 9.95. The van der Waals surface area contributed by atoms with Gasteiger partial charge in [-0.25, -0.2) is 0 Å². The van der Waals surface area contributed by atoms with E-state index in [0.717, 1.165) is 12.5 Å². The summed E-state index contributed by atoms with van der Waals surface area (Å²) in [6.45, 7) is 8.20. The average molecular weight is 409 g/mol. The quantitative estimate of drug-likeness (QED) is 0.616. The average Bonchev–Trinajstić information content (AvgIpc) is 2.83. The van der Waals surface area contributed by atoms with Crippen molar-refractivity contribution in [1.29, 1.82) is 0 Å². The predicted octanol–water partition coefficient (Wildman–Crippen LogP) is 6.14. The van der Waals surface area contributed by atoms with Crippen LogP contribution < -0.4 is 5.32 Å². The molecule has 0 aliphatic heterocycles. The Morgan fingerprint density at radius 1 is 1.47 bits per heavy atom. The zero-order valence-corrected chi connectivity index (χ0v) is 15.9. The van der Waals surface area contributed by atoms with Crippen LogP contribution in [0.4, 0.5) is 0 Å². The van der Waals surface area contributed by atoms with Gasteiger partial charge in [-0.3, -0.25) is 0 Å². The molecule has 1 N–H and O–H groups in total. The Morgan fingerprint density at radius 2 is 2.21 bits per heavy atom. The van der Waals surface area contributed by atoms with Gasteiger partial charge in [-0.2, -0.15) is 0 Å². The van der Waals surface area contributed by atoms with Gasteiger partial charge in [0.25, 0.3) is 0 Å². The first-order valence-electron chi connectivity index (χ1n) is 7.14. The van der Waals surface area contributed by atoms with Crippen molar-refractivity contribution in [2.45, 2.75) is 52.5 Å². The molecule has 108 valence electrons. The summed E-state index contributed by atoms with van der Waals surface area (Å²) in [7, 11) is 0. The Bertz CT molecular complexity index is 428. The molecule has 0 amide bonds. The fourth-order valence-electron chi connectivity index (χ4n) is 3.31. The smallest absolute Gasteiger partial charge is 0.0758 e. The summed E-state index contributed by atoms with van der Waals surface area (Å²) < 4.78 is 2.49. The Labute approximate surface area is 137 Å². The molecule has 19 heavy (non-hydrogen) atoms. The van der Waals surface area contributed by atoms with E-state index in [4.69, 9.17) is 0 Å². The lowest BCUT2D eigenvalue weighted by atomic mass is 9.76. The maximum absolute atomic E-state index is 3.79. The number of rotatable bonds is 5. The van der Waals surface area contributed by atoms with Crippen LogP contribution in [0.3, 0.4) is 0 Å². The molecule has 2 rings (SSSR count). The van der Waals surface area contributed by atoms with Crippen molar-refractivity contribution >= 4 is 43.2 Å². The first-order valence-corrected chi connectivity index (χ1v) is 9.54. The van der Waals surface area contributed by atoms with Crippen LogP contribution in [-0.4, -0.2) is 6.54 Å². The van der Waals surface area contributed by atoms with Gasteiger partial charge in [0, 0.05) is 6.04 Å². The Kier molecular flexibility index (Phi) is 5.55. The molecule has 1 aromatic rings. The molecule has 1 aliphatic carbocycles. The van der Waals surface area contributed by atoms with Gasteiger partial charge in [-0.05, 0) is 80.6 Å². The number of hydrogen-bond acceptors (Lipinski definition) is 2. The second-order valence-electron chi connectivity index (χ2n) is 6.20. The number of halogens is 2. The Balaban J connectivity index is 2.28. The molecule has 0 radical (unpaired) electrons. The summed E-state index contributed by atoms with van der Waals surface area (Å²) in [4.78, 5) is 0. The fourth-order valence-corrected chi connectivity index (χ4v) is 6.23. The van der Waals surface area contributed by atoms with Crippen molar-refractivity contribution < 1.29 is 0 Å². The summed E-state index contributed by atoms with van der Waals surface area (Å²) in [5.74, 6) is 0.733. The van der Waals surface area contributed by atoms with Crippen LogP contribution in [0.15, 0.2) is 13.6 Å². The zero-order valence-electron chi connectivity index (χ0n) is 11.9. The van der Waals surface area contributed by atoms with Crippen molar-refractivity contribution in [3.63, 3.8) is 0 Å². The van der Waals surface area contributed by atoms with Crippen LogP contribution in [0.5, 0.6) is 0 Å². The van der Waals surface area contributed by atoms with Gasteiger partial charge in [0.15, 0.2) is 0 Å². The van der Waals surface area contributed by atoms with Crippen LogP contribution >= 0.6 is 43.2 Å². The molecule has 1 heterocycles. The van der Waals surface area contributed by atoms with Gasteiger partial charge < -0.3 is 5.32 Å². The third-order valence-corrected chi connectivity index (χ3v) is 6.76. The first-order chi connectivity index (χ1) is 8.95. The highest BCUT2D eigenvalue weighted by atomic mass is 79.9. The van der Waals surface area contributed by atoms with E-state index in [1.165, 1.54) is 38.8 Å². The highest BCUT2D eigenvalue weighted by molar-refractivity contribution is 9.12. The molecular formula is C15H23Br2NS. The number of hydrogen-bond donors (Lipinski definition) is 1. The molecule has 0 saturated heterocycles. The summed E-state index contributed by atoms with van der Waals surface area (Å²) in [5.41, 5.74) is 1.88. The van der Waals surface area contributed by atoms with E-state index >= 15 is 0 Å². The Morgan fingerprint density at radius 3 is 2.68 bits per heavy atom. The highest BCUT2D eigenvalue weighted by Gasteiger charge is 2.40. The zero-order chi connectivity index (χ0) is 14.0. The molecule has 1 fully saturated rings. The number of thiophene rings is 1. The minimum Gasteiger partial charge on any atom is -0.310 e. The van der Waals surface area contributed by atoms with Gasteiger partial charge in [-0.15, -0.1) is 11.3 Å². The van der Waals surface area contributed by atoms with Crippen LogP contribution in [0.25, 0.3) is 0 Å². The lowest BCUT2D eigenvalue weighted by Crippen LogP contribution is -2.34. The molecule has 4 heteroatoms. The van der Waals surface area contributed by atoms with Crippen molar-refractivity contribution in [1.82, 2.24) is 5.32 Å². The molecule has 0 bridgehead atoms. The van der Waals surface area contributed by atoms with E-state index in [2.05, 4.69) is 64.0 Å². The minimum atomic E-state index is 0.444. The molecule has 0 aromatic carbocycles. The summed E-state index contributed by atoms with van der Waals surface area (Å²) in [5, 5.41) is 3.79. The van der Waals surface area contributed by atoms with Crippen LogP contribution in [0, 0.1) is 11.3 Å². The van der Waals surface area contributed by atoms with E-state index in [-0.39, 0.29) is 0 Å². The third kappa shape index (κ3) is 3.63. The Hall–Kier alpha value is 0.620. The van der Waals surface area contributed by atoms with E-state index in [1.54, 1.807) is 11.3 Å². The summed E-state index contributed by atoms with van der Waals surface area (Å²) in [6, 6.07) is 2.77. The van der Waals surface area contributed by atoms with Crippen LogP contribution in [0.1, 0.15) is 58.1 Å². The highest BCUT2D eigenvalue weighted by Crippen LogP contribution is 2.50. The molecule has 1 nitrogen and oxygen atoms in total. The van der Waals surface area contributed by atoms with E-state index in [0.29, 0.717) is 11.5 Å². The summed E-state index contributed by atoms with van der Waals surface area (Å²) >= 11 is 9.14. The van der Waals surface area contributed by atoms with Crippen molar-refractivity contribution in [3.05, 3.63) is 19.2 Å². The van der Waals surface area contributed by atoms with Gasteiger partial charge >= 0.3 is 0 Å². The van der Waals surface area contributed by atoms with Gasteiger partial charge in [-0.1, -0.05) is 27.2 Å². The van der Waals surface area contributed by atoms with Crippen LogP contribution in [0.2, 0.25) is 0 Å². The fraction of sp³-hybridized carbons (Fsp3) is 0.733.